The predicted octanol–water partition coefficient (Wildman–Crippen LogP) is 5.53. The fourth-order valence-electron chi connectivity index (χ4n) is 3.64. The van der Waals surface area contributed by atoms with Gasteiger partial charge in [-0.15, -0.1) is 11.3 Å². The average molecular weight is 398 g/mol. The summed E-state index contributed by atoms with van der Waals surface area (Å²) in [6.45, 7) is 2.28. The number of phenols is 1. The zero-order valence-corrected chi connectivity index (χ0v) is 16.9. The standard InChI is InChI=1S/C21H23N3OS2/c1-13-6-2-3-7-16(13)24-21(26)22-14-10-11-18(25)15(12-14)20-23-17-8-4-5-9-19(17)27-20/h4-5,8-13,16,25H,2-3,6-7H2,1H3,(H2,22,24,26)/t13-,16-/m0/s1. The molecule has 0 aliphatic heterocycles. The van der Waals surface area contributed by atoms with Gasteiger partial charge in [-0.2, -0.15) is 0 Å². The fourth-order valence-corrected chi connectivity index (χ4v) is 4.90. The molecule has 0 radical (unpaired) electrons. The second-order valence-corrected chi connectivity index (χ2v) is 8.62. The third-order valence-electron chi connectivity index (χ3n) is 5.21. The first kappa shape index (κ1) is 18.2. The van der Waals surface area contributed by atoms with Gasteiger partial charge in [-0.05, 0) is 61.3 Å². The van der Waals surface area contributed by atoms with E-state index in [2.05, 4.69) is 22.5 Å². The molecule has 2 aromatic carbocycles. The second kappa shape index (κ2) is 7.82. The quantitative estimate of drug-likeness (QED) is 0.400. The first-order valence-corrected chi connectivity index (χ1v) is 10.6. The van der Waals surface area contributed by atoms with E-state index in [9.17, 15) is 5.11 Å². The van der Waals surface area contributed by atoms with Crippen molar-refractivity contribution < 1.29 is 5.11 Å². The summed E-state index contributed by atoms with van der Waals surface area (Å²) >= 11 is 7.09. The van der Waals surface area contributed by atoms with E-state index in [0.29, 0.717) is 17.1 Å². The van der Waals surface area contributed by atoms with Crippen LogP contribution in [0.1, 0.15) is 32.6 Å². The molecule has 6 heteroatoms. The van der Waals surface area contributed by atoms with Crippen molar-refractivity contribution in [2.75, 3.05) is 5.32 Å². The smallest absolute Gasteiger partial charge is 0.171 e. The van der Waals surface area contributed by atoms with E-state index in [-0.39, 0.29) is 5.75 Å². The van der Waals surface area contributed by atoms with E-state index in [4.69, 9.17) is 12.2 Å². The Labute approximate surface area is 168 Å². The van der Waals surface area contributed by atoms with Gasteiger partial charge in [0.05, 0.1) is 15.8 Å². The Balaban J connectivity index is 1.52. The van der Waals surface area contributed by atoms with Crippen molar-refractivity contribution in [1.29, 1.82) is 0 Å². The number of aromatic hydroxyl groups is 1. The number of thiocarbonyl (C=S) groups is 1. The number of hydrogen-bond donors (Lipinski definition) is 3. The summed E-state index contributed by atoms with van der Waals surface area (Å²) in [5, 5.41) is 18.5. The molecule has 4 nitrogen and oxygen atoms in total. The monoisotopic (exact) mass is 397 g/mol. The topological polar surface area (TPSA) is 57.2 Å². The van der Waals surface area contributed by atoms with Crippen molar-refractivity contribution in [1.82, 2.24) is 10.3 Å². The molecule has 3 N–H and O–H groups in total. The maximum Gasteiger partial charge on any atom is 0.171 e. The van der Waals surface area contributed by atoms with Crippen LogP contribution in [0, 0.1) is 5.92 Å². The highest BCUT2D eigenvalue weighted by molar-refractivity contribution is 7.80. The normalized spacial score (nSPS) is 19.7. The number of anilines is 1. The van der Waals surface area contributed by atoms with Gasteiger partial charge in [0, 0.05) is 11.7 Å². The van der Waals surface area contributed by atoms with Gasteiger partial charge in [-0.3, -0.25) is 0 Å². The molecule has 0 spiro atoms. The van der Waals surface area contributed by atoms with Crippen molar-refractivity contribution >= 4 is 44.6 Å². The maximum atomic E-state index is 10.3. The number of hydrogen-bond acceptors (Lipinski definition) is 4. The van der Waals surface area contributed by atoms with Crippen LogP contribution in [0.25, 0.3) is 20.8 Å². The molecule has 2 atom stereocenters. The Kier molecular flexibility index (Phi) is 5.27. The molecule has 1 aliphatic rings. The number of para-hydroxylation sites is 1. The average Bonchev–Trinajstić information content (AvgIpc) is 3.09. The van der Waals surface area contributed by atoms with Crippen LogP contribution in [0.4, 0.5) is 5.69 Å². The van der Waals surface area contributed by atoms with E-state index in [1.165, 1.54) is 19.3 Å². The second-order valence-electron chi connectivity index (χ2n) is 7.19. The summed E-state index contributed by atoms with van der Waals surface area (Å²) < 4.78 is 1.11. The molecule has 0 unspecified atom stereocenters. The van der Waals surface area contributed by atoms with Crippen molar-refractivity contribution in [3.8, 4) is 16.3 Å². The zero-order chi connectivity index (χ0) is 18.8. The summed E-state index contributed by atoms with van der Waals surface area (Å²) in [5.74, 6) is 0.857. The van der Waals surface area contributed by atoms with Gasteiger partial charge in [0.2, 0.25) is 0 Å². The minimum absolute atomic E-state index is 0.222. The molecule has 27 heavy (non-hydrogen) atoms. The molecule has 1 fully saturated rings. The van der Waals surface area contributed by atoms with Crippen LogP contribution in [0.2, 0.25) is 0 Å². The lowest BCUT2D eigenvalue weighted by molar-refractivity contribution is 0.309. The van der Waals surface area contributed by atoms with Gasteiger partial charge >= 0.3 is 0 Å². The van der Waals surface area contributed by atoms with Gasteiger partial charge in [-0.1, -0.05) is 31.9 Å². The number of thiazole rings is 1. The lowest BCUT2D eigenvalue weighted by atomic mass is 9.86. The lowest BCUT2D eigenvalue weighted by Crippen LogP contribution is -2.43. The number of nitrogens with one attached hydrogen (secondary N) is 2. The highest BCUT2D eigenvalue weighted by Crippen LogP contribution is 2.36. The van der Waals surface area contributed by atoms with Gasteiger partial charge in [0.25, 0.3) is 0 Å². The zero-order valence-electron chi connectivity index (χ0n) is 15.2. The fraction of sp³-hybridized carbons (Fsp3) is 0.333. The third-order valence-corrected chi connectivity index (χ3v) is 6.50. The first-order chi connectivity index (χ1) is 13.1. The first-order valence-electron chi connectivity index (χ1n) is 9.36. The van der Waals surface area contributed by atoms with E-state index < -0.39 is 0 Å². The van der Waals surface area contributed by atoms with Crippen LogP contribution in [0.5, 0.6) is 5.75 Å². The molecule has 4 rings (SSSR count). The Morgan fingerprint density at radius 3 is 2.81 bits per heavy atom. The van der Waals surface area contributed by atoms with Gasteiger partial charge < -0.3 is 15.7 Å². The van der Waals surface area contributed by atoms with Gasteiger partial charge in [-0.25, -0.2) is 4.98 Å². The van der Waals surface area contributed by atoms with E-state index in [1.54, 1.807) is 17.4 Å². The Bertz CT molecular complexity index is 936. The molecular formula is C21H23N3OS2. The van der Waals surface area contributed by atoms with Crippen LogP contribution in [0.3, 0.4) is 0 Å². The van der Waals surface area contributed by atoms with Crippen LogP contribution in [0.15, 0.2) is 42.5 Å². The van der Waals surface area contributed by atoms with Crippen molar-refractivity contribution in [2.24, 2.45) is 5.92 Å². The van der Waals surface area contributed by atoms with Crippen molar-refractivity contribution in [3.63, 3.8) is 0 Å². The van der Waals surface area contributed by atoms with Crippen molar-refractivity contribution in [3.05, 3.63) is 42.5 Å². The number of nitrogens with zero attached hydrogens (tertiary/aromatic N) is 1. The maximum absolute atomic E-state index is 10.3. The molecule has 1 aromatic heterocycles. The third kappa shape index (κ3) is 4.06. The number of aromatic nitrogens is 1. The molecule has 1 heterocycles. The lowest BCUT2D eigenvalue weighted by Gasteiger charge is -2.30. The largest absolute Gasteiger partial charge is 0.507 e. The molecule has 140 valence electrons. The van der Waals surface area contributed by atoms with Crippen LogP contribution < -0.4 is 10.6 Å². The highest BCUT2D eigenvalue weighted by Gasteiger charge is 2.21. The molecule has 1 aliphatic carbocycles. The Morgan fingerprint density at radius 1 is 1.19 bits per heavy atom. The van der Waals surface area contributed by atoms with E-state index in [1.807, 2.05) is 36.4 Å². The summed E-state index contributed by atoms with van der Waals surface area (Å²) in [4.78, 5) is 4.65. The summed E-state index contributed by atoms with van der Waals surface area (Å²) in [7, 11) is 0. The predicted molar refractivity (Wildman–Crippen MR) is 117 cm³/mol. The van der Waals surface area contributed by atoms with Crippen molar-refractivity contribution in [2.45, 2.75) is 38.6 Å². The number of benzene rings is 2. The Morgan fingerprint density at radius 2 is 2.00 bits per heavy atom. The molecule has 0 amide bonds. The molecule has 1 saturated carbocycles. The molecule has 0 saturated heterocycles. The van der Waals surface area contributed by atoms with Crippen LogP contribution in [-0.2, 0) is 0 Å². The molecule has 3 aromatic rings. The molecular weight excluding hydrogens is 374 g/mol. The van der Waals surface area contributed by atoms with Crippen LogP contribution in [-0.4, -0.2) is 21.2 Å². The minimum Gasteiger partial charge on any atom is -0.507 e. The Hall–Kier alpha value is -2.18. The summed E-state index contributed by atoms with van der Waals surface area (Å²) in [6, 6.07) is 13.9. The number of fused-ring (bicyclic) bond motifs is 1. The minimum atomic E-state index is 0.222. The van der Waals surface area contributed by atoms with Crippen LogP contribution >= 0.6 is 23.6 Å². The summed E-state index contributed by atoms with van der Waals surface area (Å²) in [5.41, 5.74) is 2.51. The molecule has 0 bridgehead atoms. The van der Waals surface area contributed by atoms with Gasteiger partial charge in [0.15, 0.2) is 5.11 Å². The van der Waals surface area contributed by atoms with E-state index in [0.717, 1.165) is 32.9 Å². The number of rotatable bonds is 3. The van der Waals surface area contributed by atoms with E-state index >= 15 is 0 Å². The SMILES string of the molecule is C[C@H]1CCCC[C@@H]1NC(=S)Nc1ccc(O)c(-c2nc3ccccc3s2)c1. The summed E-state index contributed by atoms with van der Waals surface area (Å²) in [6.07, 6.45) is 4.98. The number of phenolic OH excluding ortho intramolecular Hbond substituents is 1. The van der Waals surface area contributed by atoms with Gasteiger partial charge in [0.1, 0.15) is 10.8 Å². The highest BCUT2D eigenvalue weighted by atomic mass is 32.1.